The molecular formula is C58H111NO5. The molecule has 2 atom stereocenters. The average Bonchev–Trinajstić information content (AvgIpc) is 3.29. The van der Waals surface area contributed by atoms with Crippen LogP contribution in [-0.4, -0.2) is 67.0 Å². The first-order valence-electron chi connectivity index (χ1n) is 28.6. The second-order valence-corrected chi connectivity index (χ2v) is 20.0. The van der Waals surface area contributed by atoms with Crippen molar-refractivity contribution >= 4 is 5.69 Å². The third-order valence-electron chi connectivity index (χ3n) is 13.5. The molecule has 0 aliphatic heterocycles. The normalized spacial score (nSPS) is 12.6. The second-order valence-electron chi connectivity index (χ2n) is 20.0. The number of aliphatic hydroxyl groups excluding tert-OH is 2. The van der Waals surface area contributed by atoms with Crippen molar-refractivity contribution in [3.63, 3.8) is 0 Å². The maximum Gasteiger partial charge on any atom is 0.115 e. The van der Waals surface area contributed by atoms with Crippen molar-refractivity contribution < 1.29 is 24.8 Å². The summed E-state index contributed by atoms with van der Waals surface area (Å²) in [5.74, 6) is 0.200. The Morgan fingerprint density at radius 2 is 0.562 bits per heavy atom. The highest BCUT2D eigenvalue weighted by atomic mass is 16.5. The van der Waals surface area contributed by atoms with Crippen LogP contribution in [0.1, 0.15) is 284 Å². The van der Waals surface area contributed by atoms with Crippen LogP contribution in [0.2, 0.25) is 0 Å². The minimum absolute atomic E-state index is 0.200. The zero-order valence-electron chi connectivity index (χ0n) is 43.0. The molecule has 0 radical (unpaired) electrons. The lowest BCUT2D eigenvalue weighted by atomic mass is 10.0. The van der Waals surface area contributed by atoms with Crippen LogP contribution in [0.3, 0.4) is 0 Å². The quantitative estimate of drug-likeness (QED) is 0.0565. The molecule has 0 fully saturated rings. The van der Waals surface area contributed by atoms with Crippen LogP contribution >= 0.6 is 0 Å². The smallest absolute Gasteiger partial charge is 0.115 e. The minimum atomic E-state index is -0.670. The van der Waals surface area contributed by atoms with E-state index in [0.29, 0.717) is 26.3 Å². The number of hydrogen-bond donors (Lipinski definition) is 3. The SMILES string of the molecule is CCCCCCCCCCCCCCCCCCCCCCCOCC(O)CN(CC(O)COCCCCCCCCCCCCCCCCCCCCCCC)c1ccc(O)cc1. The Kier molecular flexibility index (Phi) is 47.0. The van der Waals surface area contributed by atoms with Crippen LogP contribution in [0, 0.1) is 0 Å². The zero-order chi connectivity index (χ0) is 46.1. The van der Waals surface area contributed by atoms with E-state index in [1.165, 1.54) is 257 Å². The molecule has 1 aromatic carbocycles. The highest BCUT2D eigenvalue weighted by molar-refractivity contribution is 5.49. The second kappa shape index (κ2) is 49.6. The summed E-state index contributed by atoms with van der Waals surface area (Å²) >= 11 is 0. The fourth-order valence-electron chi connectivity index (χ4n) is 9.27. The van der Waals surface area contributed by atoms with Gasteiger partial charge < -0.3 is 29.7 Å². The standard InChI is InChI=1S/C58H111NO5/c1-3-5-7-9-11-13-15-17-19-21-23-25-27-29-31-33-35-37-39-41-43-49-63-53-57(61)51-59(55-45-47-56(60)48-46-55)52-58(62)54-64-50-44-42-40-38-36-34-32-30-28-26-24-22-20-18-16-14-12-10-8-6-4-2/h45-48,57-58,60-62H,3-44,49-54H2,1-2H3. The predicted octanol–water partition coefficient (Wildman–Crippen LogP) is 17.4. The molecule has 6 nitrogen and oxygen atoms in total. The predicted molar refractivity (Wildman–Crippen MR) is 279 cm³/mol. The summed E-state index contributed by atoms with van der Waals surface area (Å²) in [5, 5.41) is 31.5. The van der Waals surface area contributed by atoms with Gasteiger partial charge in [-0.15, -0.1) is 0 Å². The number of ether oxygens (including phenoxy) is 2. The lowest BCUT2D eigenvalue weighted by molar-refractivity contribution is 0.0284. The molecule has 0 saturated heterocycles. The fourth-order valence-corrected chi connectivity index (χ4v) is 9.27. The van der Waals surface area contributed by atoms with Crippen LogP contribution in [0.5, 0.6) is 5.75 Å². The Balaban J connectivity index is 1.98. The summed E-state index contributed by atoms with van der Waals surface area (Å²) in [7, 11) is 0. The van der Waals surface area contributed by atoms with Gasteiger partial charge in [-0.3, -0.25) is 0 Å². The van der Waals surface area contributed by atoms with Crippen LogP contribution < -0.4 is 4.90 Å². The van der Waals surface area contributed by atoms with Crippen LogP contribution in [0.25, 0.3) is 0 Å². The van der Waals surface area contributed by atoms with Gasteiger partial charge in [-0.25, -0.2) is 0 Å². The molecule has 1 aromatic rings. The Hall–Kier alpha value is -1.34. The topological polar surface area (TPSA) is 82.4 Å². The summed E-state index contributed by atoms with van der Waals surface area (Å²) in [6.07, 6.45) is 56.5. The number of phenols is 1. The molecule has 378 valence electrons. The maximum absolute atomic E-state index is 10.9. The van der Waals surface area contributed by atoms with Crippen molar-refractivity contribution in [3.8, 4) is 5.75 Å². The number of phenolic OH excluding ortho intramolecular Hbond substituents is 1. The van der Waals surface area contributed by atoms with Gasteiger partial charge >= 0.3 is 0 Å². The van der Waals surface area contributed by atoms with Gasteiger partial charge in [0.2, 0.25) is 0 Å². The number of rotatable bonds is 53. The van der Waals surface area contributed by atoms with Gasteiger partial charge in [-0.05, 0) is 37.1 Å². The first kappa shape index (κ1) is 60.7. The van der Waals surface area contributed by atoms with Crippen LogP contribution in [-0.2, 0) is 9.47 Å². The van der Waals surface area contributed by atoms with Crippen molar-refractivity contribution in [1.82, 2.24) is 0 Å². The molecule has 6 heteroatoms. The molecule has 0 amide bonds. The van der Waals surface area contributed by atoms with Gasteiger partial charge in [0.15, 0.2) is 0 Å². The summed E-state index contributed by atoms with van der Waals surface area (Å²) in [4.78, 5) is 1.97. The van der Waals surface area contributed by atoms with E-state index in [1.54, 1.807) is 12.1 Å². The van der Waals surface area contributed by atoms with Crippen LogP contribution in [0.15, 0.2) is 24.3 Å². The summed E-state index contributed by atoms with van der Waals surface area (Å²) in [5.41, 5.74) is 0.851. The van der Waals surface area contributed by atoms with Crippen molar-refractivity contribution in [1.29, 1.82) is 0 Å². The summed E-state index contributed by atoms with van der Waals surface area (Å²) < 4.78 is 11.7. The first-order valence-corrected chi connectivity index (χ1v) is 28.6. The van der Waals surface area contributed by atoms with Crippen molar-refractivity contribution in [2.45, 2.75) is 296 Å². The number of aliphatic hydroxyl groups is 2. The van der Waals surface area contributed by atoms with Gasteiger partial charge in [-0.1, -0.05) is 271 Å². The van der Waals surface area contributed by atoms with E-state index in [1.807, 2.05) is 17.0 Å². The van der Waals surface area contributed by atoms with Gasteiger partial charge in [0.25, 0.3) is 0 Å². The summed E-state index contributed by atoms with van der Waals surface area (Å²) in [6.45, 7) is 7.18. The van der Waals surface area contributed by atoms with E-state index < -0.39 is 12.2 Å². The van der Waals surface area contributed by atoms with Gasteiger partial charge in [-0.2, -0.15) is 0 Å². The van der Waals surface area contributed by atoms with Gasteiger partial charge in [0.1, 0.15) is 5.75 Å². The molecule has 0 spiro atoms. The zero-order valence-corrected chi connectivity index (χ0v) is 43.0. The molecule has 0 aromatic heterocycles. The number of anilines is 1. The van der Waals surface area contributed by atoms with E-state index in [-0.39, 0.29) is 19.0 Å². The highest BCUT2D eigenvalue weighted by Crippen LogP contribution is 2.21. The third-order valence-corrected chi connectivity index (χ3v) is 13.5. The monoisotopic (exact) mass is 902 g/mol. The summed E-state index contributed by atoms with van der Waals surface area (Å²) in [6, 6.07) is 6.96. The van der Waals surface area contributed by atoms with Crippen molar-refractivity contribution in [3.05, 3.63) is 24.3 Å². The number of unbranched alkanes of at least 4 members (excludes halogenated alkanes) is 40. The maximum atomic E-state index is 10.9. The number of aromatic hydroxyl groups is 1. The Morgan fingerprint density at radius 1 is 0.344 bits per heavy atom. The van der Waals surface area contributed by atoms with E-state index in [4.69, 9.17) is 9.47 Å². The largest absolute Gasteiger partial charge is 0.508 e. The van der Waals surface area contributed by atoms with E-state index >= 15 is 0 Å². The molecule has 0 bridgehead atoms. The molecule has 0 heterocycles. The van der Waals surface area contributed by atoms with Crippen LogP contribution in [0.4, 0.5) is 5.69 Å². The molecule has 2 unspecified atom stereocenters. The van der Waals surface area contributed by atoms with E-state index in [2.05, 4.69) is 13.8 Å². The highest BCUT2D eigenvalue weighted by Gasteiger charge is 2.17. The van der Waals surface area contributed by atoms with E-state index in [9.17, 15) is 15.3 Å². The minimum Gasteiger partial charge on any atom is -0.508 e. The van der Waals surface area contributed by atoms with Gasteiger partial charge in [0, 0.05) is 32.0 Å². The van der Waals surface area contributed by atoms with Crippen molar-refractivity contribution in [2.24, 2.45) is 0 Å². The fraction of sp³-hybridized carbons (Fsp3) is 0.897. The molecule has 3 N–H and O–H groups in total. The van der Waals surface area contributed by atoms with Crippen molar-refractivity contribution in [2.75, 3.05) is 44.4 Å². The van der Waals surface area contributed by atoms with Gasteiger partial charge in [0.05, 0.1) is 25.4 Å². The first-order chi connectivity index (χ1) is 31.6. The molecular weight excluding hydrogens is 791 g/mol. The van der Waals surface area contributed by atoms with E-state index in [0.717, 1.165) is 18.5 Å². The number of benzene rings is 1. The average molecular weight is 903 g/mol. The number of nitrogens with zero attached hydrogens (tertiary/aromatic N) is 1. The third kappa shape index (κ3) is 43.2. The lowest BCUT2D eigenvalue weighted by Crippen LogP contribution is -2.41. The molecule has 64 heavy (non-hydrogen) atoms. The lowest BCUT2D eigenvalue weighted by Gasteiger charge is -2.29. The molecule has 0 saturated carbocycles. The molecule has 0 aliphatic rings. The Morgan fingerprint density at radius 3 is 0.797 bits per heavy atom. The Labute approximate surface area is 399 Å². The molecule has 0 aliphatic carbocycles. The Bertz CT molecular complexity index is 964. The number of hydrogen-bond acceptors (Lipinski definition) is 6. The molecule has 1 rings (SSSR count).